The molecule has 0 heterocycles. The highest BCUT2D eigenvalue weighted by Gasteiger charge is 2.08. The third-order valence-electron chi connectivity index (χ3n) is 4.98. The van der Waals surface area contributed by atoms with E-state index in [2.05, 4.69) is 52.9 Å². The number of unbranched alkanes of at least 4 members (excludes halogenated alkanes) is 1. The van der Waals surface area contributed by atoms with Crippen molar-refractivity contribution < 1.29 is 9.53 Å². The van der Waals surface area contributed by atoms with Gasteiger partial charge in [0.05, 0.1) is 6.61 Å². The summed E-state index contributed by atoms with van der Waals surface area (Å²) in [6, 6.07) is 18.2. The minimum atomic E-state index is 0.0266. The number of aliphatic imine (C=N–C) groups is 1. The number of hydrogen-bond acceptors (Lipinski definition) is 3. The minimum Gasteiger partial charge on any atom is -0.381 e. The van der Waals surface area contributed by atoms with Crippen molar-refractivity contribution in [2.75, 3.05) is 46.9 Å². The van der Waals surface area contributed by atoms with Gasteiger partial charge in [0, 0.05) is 45.9 Å². The van der Waals surface area contributed by atoms with Crippen molar-refractivity contribution in [1.82, 2.24) is 15.5 Å². The molecular formula is C26H38N4O2. The molecule has 2 N–H and O–H groups in total. The van der Waals surface area contributed by atoms with E-state index in [1.165, 1.54) is 5.56 Å². The molecule has 0 bridgehead atoms. The average Bonchev–Trinajstić information content (AvgIpc) is 2.81. The highest BCUT2D eigenvalue weighted by Crippen LogP contribution is 2.08. The van der Waals surface area contributed by atoms with Gasteiger partial charge in [0.25, 0.3) is 5.91 Å². The molecule has 0 atom stereocenters. The molecule has 2 aromatic carbocycles. The van der Waals surface area contributed by atoms with Gasteiger partial charge in [0.2, 0.25) is 0 Å². The quantitative estimate of drug-likeness (QED) is 0.285. The van der Waals surface area contributed by atoms with Crippen molar-refractivity contribution in [3.8, 4) is 0 Å². The van der Waals surface area contributed by atoms with Gasteiger partial charge in [-0.2, -0.15) is 0 Å². The molecule has 0 fully saturated rings. The first-order chi connectivity index (χ1) is 15.6. The van der Waals surface area contributed by atoms with Crippen molar-refractivity contribution in [2.45, 2.75) is 32.6 Å². The van der Waals surface area contributed by atoms with E-state index in [0.717, 1.165) is 75.6 Å². The Balaban J connectivity index is 1.64. The first kappa shape index (κ1) is 25.4. The Morgan fingerprint density at radius 1 is 0.938 bits per heavy atom. The van der Waals surface area contributed by atoms with Gasteiger partial charge in [0.15, 0.2) is 5.96 Å². The normalized spacial score (nSPS) is 11.3. The number of hydrogen-bond donors (Lipinski definition) is 2. The Morgan fingerprint density at radius 3 is 2.47 bits per heavy atom. The van der Waals surface area contributed by atoms with Crippen LogP contribution in [0.2, 0.25) is 0 Å². The molecule has 0 spiro atoms. The third kappa shape index (κ3) is 9.96. The van der Waals surface area contributed by atoms with Crippen LogP contribution in [0.5, 0.6) is 0 Å². The first-order valence-electron chi connectivity index (χ1n) is 11.5. The molecule has 2 aromatic rings. The van der Waals surface area contributed by atoms with Gasteiger partial charge in [-0.3, -0.25) is 9.79 Å². The predicted molar refractivity (Wildman–Crippen MR) is 132 cm³/mol. The predicted octanol–water partition coefficient (Wildman–Crippen LogP) is 3.53. The zero-order chi connectivity index (χ0) is 23.0. The number of rotatable bonds is 13. The average molecular weight is 439 g/mol. The van der Waals surface area contributed by atoms with Gasteiger partial charge < -0.3 is 20.3 Å². The van der Waals surface area contributed by atoms with Crippen LogP contribution in [0.15, 0.2) is 59.6 Å². The van der Waals surface area contributed by atoms with Crippen molar-refractivity contribution in [2.24, 2.45) is 4.99 Å². The summed E-state index contributed by atoms with van der Waals surface area (Å²) in [6.45, 7) is 5.95. The molecule has 0 radical (unpaired) electrons. The van der Waals surface area contributed by atoms with E-state index in [1.807, 2.05) is 24.3 Å². The monoisotopic (exact) mass is 438 g/mol. The summed E-state index contributed by atoms with van der Waals surface area (Å²) < 4.78 is 5.74. The molecule has 0 saturated carbocycles. The summed E-state index contributed by atoms with van der Waals surface area (Å²) in [5, 5.41) is 6.67. The number of carbonyl (C=O) groups excluding carboxylic acids is 1. The fraction of sp³-hybridized carbons (Fsp3) is 0.462. The van der Waals surface area contributed by atoms with E-state index in [9.17, 15) is 4.79 Å². The van der Waals surface area contributed by atoms with Crippen molar-refractivity contribution >= 4 is 11.9 Å². The van der Waals surface area contributed by atoms with Gasteiger partial charge in [-0.15, -0.1) is 0 Å². The fourth-order valence-corrected chi connectivity index (χ4v) is 3.23. The fourth-order valence-electron chi connectivity index (χ4n) is 3.23. The van der Waals surface area contributed by atoms with E-state index in [-0.39, 0.29) is 5.91 Å². The topological polar surface area (TPSA) is 66.0 Å². The lowest BCUT2D eigenvalue weighted by Gasteiger charge is -2.13. The van der Waals surface area contributed by atoms with Crippen LogP contribution in [-0.2, 0) is 17.6 Å². The molecule has 0 unspecified atom stereocenters. The van der Waals surface area contributed by atoms with Crippen LogP contribution in [0.1, 0.15) is 41.3 Å². The SMILES string of the molecule is CCNC(=NCCCCOCCc1ccccc1)NCCc1cccc(C(=O)N(C)C)c1. The highest BCUT2D eigenvalue weighted by molar-refractivity contribution is 5.94. The van der Waals surface area contributed by atoms with Crippen LogP contribution < -0.4 is 10.6 Å². The molecule has 32 heavy (non-hydrogen) atoms. The molecule has 0 aromatic heterocycles. The van der Waals surface area contributed by atoms with E-state index < -0.39 is 0 Å². The molecule has 174 valence electrons. The Labute approximate surface area is 193 Å². The maximum absolute atomic E-state index is 12.1. The molecule has 6 heteroatoms. The number of carbonyl (C=O) groups is 1. The highest BCUT2D eigenvalue weighted by atomic mass is 16.5. The van der Waals surface area contributed by atoms with Crippen molar-refractivity contribution in [1.29, 1.82) is 0 Å². The summed E-state index contributed by atoms with van der Waals surface area (Å²) in [4.78, 5) is 18.4. The molecule has 6 nitrogen and oxygen atoms in total. The summed E-state index contributed by atoms with van der Waals surface area (Å²) in [7, 11) is 3.54. The smallest absolute Gasteiger partial charge is 0.253 e. The lowest BCUT2D eigenvalue weighted by atomic mass is 10.1. The summed E-state index contributed by atoms with van der Waals surface area (Å²) >= 11 is 0. The van der Waals surface area contributed by atoms with Crippen LogP contribution >= 0.6 is 0 Å². The van der Waals surface area contributed by atoms with Crippen LogP contribution in [0.3, 0.4) is 0 Å². The Bertz CT molecular complexity index is 822. The van der Waals surface area contributed by atoms with Gasteiger partial charge in [-0.05, 0) is 55.9 Å². The molecular weight excluding hydrogens is 400 g/mol. The van der Waals surface area contributed by atoms with Gasteiger partial charge >= 0.3 is 0 Å². The van der Waals surface area contributed by atoms with E-state index in [0.29, 0.717) is 0 Å². The molecule has 1 amide bonds. The minimum absolute atomic E-state index is 0.0266. The third-order valence-corrected chi connectivity index (χ3v) is 4.98. The van der Waals surface area contributed by atoms with Crippen molar-refractivity contribution in [3.05, 3.63) is 71.3 Å². The standard InChI is InChI=1S/C26H38N4O2/c1-4-27-26(28-17-8-9-19-32-20-16-22-11-6-5-7-12-22)29-18-15-23-13-10-14-24(21-23)25(31)30(2)3/h5-7,10-14,21H,4,8-9,15-20H2,1-3H3,(H2,27,28,29). The summed E-state index contributed by atoms with van der Waals surface area (Å²) in [5.74, 6) is 0.858. The number of ether oxygens (including phenoxy) is 1. The van der Waals surface area contributed by atoms with Crippen molar-refractivity contribution in [3.63, 3.8) is 0 Å². The van der Waals surface area contributed by atoms with Crippen LogP contribution in [-0.4, -0.2) is 63.7 Å². The van der Waals surface area contributed by atoms with Gasteiger partial charge in [-0.1, -0.05) is 42.5 Å². The first-order valence-corrected chi connectivity index (χ1v) is 11.5. The maximum atomic E-state index is 12.1. The zero-order valence-corrected chi connectivity index (χ0v) is 19.8. The van der Waals surface area contributed by atoms with E-state index >= 15 is 0 Å². The van der Waals surface area contributed by atoms with Crippen LogP contribution in [0, 0.1) is 0 Å². The lowest BCUT2D eigenvalue weighted by molar-refractivity contribution is 0.0827. The van der Waals surface area contributed by atoms with Gasteiger partial charge in [0.1, 0.15) is 0 Å². The number of nitrogens with one attached hydrogen (secondary N) is 2. The lowest BCUT2D eigenvalue weighted by Crippen LogP contribution is -2.38. The number of guanidine groups is 1. The Morgan fingerprint density at radius 2 is 1.72 bits per heavy atom. The summed E-state index contributed by atoms with van der Waals surface area (Å²) in [6.07, 6.45) is 3.79. The molecule has 2 rings (SSSR count). The Hall–Kier alpha value is -2.86. The zero-order valence-electron chi connectivity index (χ0n) is 19.8. The van der Waals surface area contributed by atoms with E-state index in [1.54, 1.807) is 19.0 Å². The van der Waals surface area contributed by atoms with Gasteiger partial charge in [-0.25, -0.2) is 0 Å². The maximum Gasteiger partial charge on any atom is 0.253 e. The largest absolute Gasteiger partial charge is 0.381 e. The number of benzene rings is 2. The summed E-state index contributed by atoms with van der Waals surface area (Å²) in [5.41, 5.74) is 3.17. The second-order valence-electron chi connectivity index (χ2n) is 7.89. The number of nitrogens with zero attached hydrogens (tertiary/aromatic N) is 2. The second kappa shape index (κ2) is 15.0. The number of amides is 1. The molecule has 0 saturated heterocycles. The molecule has 0 aliphatic carbocycles. The van der Waals surface area contributed by atoms with Crippen LogP contribution in [0.25, 0.3) is 0 Å². The van der Waals surface area contributed by atoms with E-state index in [4.69, 9.17) is 4.74 Å². The molecule has 0 aliphatic rings. The Kier molecular flexibility index (Phi) is 11.9. The second-order valence-corrected chi connectivity index (χ2v) is 7.89. The van der Waals surface area contributed by atoms with Crippen LogP contribution in [0.4, 0.5) is 0 Å². The molecule has 0 aliphatic heterocycles.